The van der Waals surface area contributed by atoms with Gasteiger partial charge in [0, 0.05) is 44.3 Å². The maximum atomic E-state index is 12.5. The van der Waals surface area contributed by atoms with Crippen LogP contribution in [-0.4, -0.2) is 52.3 Å². The summed E-state index contributed by atoms with van der Waals surface area (Å²) < 4.78 is 0. The van der Waals surface area contributed by atoms with E-state index in [1.54, 1.807) is 18.5 Å². The summed E-state index contributed by atoms with van der Waals surface area (Å²) in [6, 6.07) is 13.2. The minimum absolute atomic E-state index is 0.254. The van der Waals surface area contributed by atoms with Crippen molar-refractivity contribution in [2.45, 2.75) is 13.3 Å². The Morgan fingerprint density at radius 2 is 1.66 bits per heavy atom. The zero-order valence-electron chi connectivity index (χ0n) is 16.3. The van der Waals surface area contributed by atoms with Crippen molar-refractivity contribution in [2.75, 3.05) is 41.3 Å². The predicted octanol–water partition coefficient (Wildman–Crippen LogP) is 2.41. The highest BCUT2D eigenvalue weighted by Gasteiger charge is 2.20. The molecule has 0 radical (unpaired) electrons. The lowest BCUT2D eigenvalue weighted by Gasteiger charge is -2.35. The predicted molar refractivity (Wildman–Crippen MR) is 112 cm³/mol. The fraction of sp³-hybridized carbons (Fsp3) is 0.286. The Morgan fingerprint density at radius 3 is 2.34 bits per heavy atom. The Kier molecular flexibility index (Phi) is 5.60. The molecule has 1 aliphatic heterocycles. The van der Waals surface area contributed by atoms with E-state index in [1.165, 1.54) is 0 Å². The van der Waals surface area contributed by atoms with E-state index in [0.29, 0.717) is 5.69 Å². The number of aryl methyl sites for hydroxylation is 1. The van der Waals surface area contributed by atoms with Crippen LogP contribution >= 0.6 is 0 Å². The van der Waals surface area contributed by atoms with Crippen LogP contribution in [0.2, 0.25) is 0 Å². The number of piperazine rings is 1. The van der Waals surface area contributed by atoms with Gasteiger partial charge in [0.25, 0.3) is 5.91 Å². The number of amides is 1. The molecule has 0 saturated carbocycles. The second-order valence-electron chi connectivity index (χ2n) is 6.76. The van der Waals surface area contributed by atoms with Gasteiger partial charge in [0.1, 0.15) is 0 Å². The van der Waals surface area contributed by atoms with Gasteiger partial charge in [0.05, 0.1) is 0 Å². The van der Waals surface area contributed by atoms with Crippen LogP contribution in [0.15, 0.2) is 54.9 Å². The molecule has 29 heavy (non-hydrogen) atoms. The molecular formula is C21H23N7O. The number of aromatic nitrogens is 4. The van der Waals surface area contributed by atoms with Crippen LogP contribution < -0.4 is 15.1 Å². The summed E-state index contributed by atoms with van der Waals surface area (Å²) in [5.74, 6) is 1.26. The average Bonchev–Trinajstić information content (AvgIpc) is 2.80. The van der Waals surface area contributed by atoms with Gasteiger partial charge in [0.15, 0.2) is 11.5 Å². The van der Waals surface area contributed by atoms with E-state index in [-0.39, 0.29) is 5.91 Å². The van der Waals surface area contributed by atoms with Crippen molar-refractivity contribution >= 4 is 23.4 Å². The Hall–Kier alpha value is -3.55. The first-order valence-corrected chi connectivity index (χ1v) is 9.74. The molecule has 1 saturated heterocycles. The lowest BCUT2D eigenvalue weighted by molar-refractivity contribution is 0.102. The van der Waals surface area contributed by atoms with E-state index in [1.807, 2.05) is 36.4 Å². The maximum Gasteiger partial charge on any atom is 0.276 e. The van der Waals surface area contributed by atoms with Gasteiger partial charge in [-0.3, -0.25) is 4.79 Å². The lowest BCUT2D eigenvalue weighted by atomic mass is 10.1. The highest BCUT2D eigenvalue weighted by Crippen LogP contribution is 2.18. The average molecular weight is 389 g/mol. The van der Waals surface area contributed by atoms with Crippen molar-refractivity contribution in [1.29, 1.82) is 0 Å². The van der Waals surface area contributed by atoms with Gasteiger partial charge in [-0.1, -0.05) is 25.1 Å². The van der Waals surface area contributed by atoms with Crippen LogP contribution in [0.5, 0.6) is 0 Å². The molecule has 1 aliphatic rings. The summed E-state index contributed by atoms with van der Waals surface area (Å²) in [7, 11) is 0. The molecule has 4 rings (SSSR count). The quantitative estimate of drug-likeness (QED) is 0.717. The van der Waals surface area contributed by atoms with E-state index >= 15 is 0 Å². The Balaban J connectivity index is 1.37. The number of carbonyl (C=O) groups is 1. The van der Waals surface area contributed by atoms with Gasteiger partial charge in [0.2, 0.25) is 5.95 Å². The molecule has 1 N–H and O–H groups in total. The van der Waals surface area contributed by atoms with Crippen molar-refractivity contribution in [3.63, 3.8) is 0 Å². The van der Waals surface area contributed by atoms with E-state index in [2.05, 4.69) is 42.2 Å². The molecule has 8 heteroatoms. The normalized spacial score (nSPS) is 14.0. The van der Waals surface area contributed by atoms with Crippen molar-refractivity contribution in [2.24, 2.45) is 0 Å². The van der Waals surface area contributed by atoms with Gasteiger partial charge in [-0.2, -0.15) is 0 Å². The minimum atomic E-state index is -0.254. The van der Waals surface area contributed by atoms with Crippen LogP contribution in [0.4, 0.5) is 17.5 Å². The smallest absolute Gasteiger partial charge is 0.276 e. The van der Waals surface area contributed by atoms with E-state index < -0.39 is 0 Å². The van der Waals surface area contributed by atoms with Crippen LogP contribution in [0, 0.1) is 0 Å². The van der Waals surface area contributed by atoms with E-state index in [4.69, 9.17) is 0 Å². The third kappa shape index (κ3) is 4.31. The Labute approximate surface area is 169 Å². The molecule has 0 spiro atoms. The number of nitrogens with zero attached hydrogens (tertiary/aromatic N) is 6. The maximum absolute atomic E-state index is 12.5. The Bertz CT molecular complexity index is 954. The second-order valence-corrected chi connectivity index (χ2v) is 6.76. The summed E-state index contributed by atoms with van der Waals surface area (Å²) in [5.41, 5.74) is 2.20. The fourth-order valence-electron chi connectivity index (χ4n) is 3.34. The van der Waals surface area contributed by atoms with Crippen molar-refractivity contribution in [1.82, 2.24) is 20.2 Å². The molecule has 0 bridgehead atoms. The molecule has 148 valence electrons. The van der Waals surface area contributed by atoms with Gasteiger partial charge in [-0.15, -0.1) is 10.2 Å². The summed E-state index contributed by atoms with van der Waals surface area (Å²) in [4.78, 5) is 25.4. The highest BCUT2D eigenvalue weighted by molar-refractivity contribution is 6.03. The second kappa shape index (κ2) is 8.64. The first-order valence-electron chi connectivity index (χ1n) is 9.74. The largest absolute Gasteiger partial charge is 0.352 e. The number of anilines is 3. The highest BCUT2D eigenvalue weighted by atomic mass is 16.1. The molecular weight excluding hydrogens is 366 g/mol. The first-order chi connectivity index (χ1) is 14.2. The molecule has 1 aromatic carbocycles. The molecule has 0 atom stereocenters. The number of hydrogen-bond donors (Lipinski definition) is 1. The zero-order valence-corrected chi connectivity index (χ0v) is 16.3. The molecule has 2 aromatic heterocycles. The minimum Gasteiger partial charge on any atom is -0.352 e. The third-order valence-electron chi connectivity index (χ3n) is 4.97. The van der Waals surface area contributed by atoms with Crippen LogP contribution in [0.3, 0.4) is 0 Å². The van der Waals surface area contributed by atoms with Gasteiger partial charge < -0.3 is 15.1 Å². The van der Waals surface area contributed by atoms with E-state index in [9.17, 15) is 4.79 Å². The summed E-state index contributed by atoms with van der Waals surface area (Å²) in [6.07, 6.45) is 4.35. The number of benzene rings is 1. The number of carbonyl (C=O) groups excluding carboxylic acids is 1. The van der Waals surface area contributed by atoms with Crippen molar-refractivity contribution < 1.29 is 4.79 Å². The standard InChI is InChI=1S/C21H23N7O/c1-2-16-6-3-4-7-17(16)24-20(29)18-8-9-19(26-25-18)27-12-14-28(15-13-27)21-22-10-5-11-23-21/h3-11H,2,12-15H2,1H3,(H,24,29). The number of hydrogen-bond acceptors (Lipinski definition) is 7. The van der Waals surface area contributed by atoms with Gasteiger partial charge in [-0.05, 0) is 36.2 Å². The zero-order chi connectivity index (χ0) is 20.1. The molecule has 1 fully saturated rings. The van der Waals surface area contributed by atoms with Crippen molar-refractivity contribution in [3.8, 4) is 0 Å². The van der Waals surface area contributed by atoms with Crippen LogP contribution in [0.25, 0.3) is 0 Å². The molecule has 3 aromatic rings. The number of nitrogens with one attached hydrogen (secondary N) is 1. The Morgan fingerprint density at radius 1 is 0.931 bits per heavy atom. The van der Waals surface area contributed by atoms with Crippen LogP contribution in [-0.2, 0) is 6.42 Å². The summed E-state index contributed by atoms with van der Waals surface area (Å²) in [5, 5.41) is 11.3. The summed E-state index contributed by atoms with van der Waals surface area (Å²) in [6.45, 7) is 5.26. The topological polar surface area (TPSA) is 87.1 Å². The van der Waals surface area contributed by atoms with Gasteiger partial charge in [-0.25, -0.2) is 9.97 Å². The first kappa shape index (κ1) is 18.8. The van der Waals surface area contributed by atoms with Gasteiger partial charge >= 0.3 is 0 Å². The lowest BCUT2D eigenvalue weighted by Crippen LogP contribution is -2.47. The fourth-order valence-corrected chi connectivity index (χ4v) is 3.34. The monoisotopic (exact) mass is 389 g/mol. The number of para-hydroxylation sites is 1. The molecule has 8 nitrogen and oxygen atoms in total. The van der Waals surface area contributed by atoms with Crippen molar-refractivity contribution in [3.05, 3.63) is 66.1 Å². The molecule has 0 aliphatic carbocycles. The summed E-state index contributed by atoms with van der Waals surface area (Å²) >= 11 is 0. The van der Waals surface area contributed by atoms with Crippen LogP contribution in [0.1, 0.15) is 23.0 Å². The SMILES string of the molecule is CCc1ccccc1NC(=O)c1ccc(N2CCN(c3ncccn3)CC2)nn1. The third-order valence-corrected chi connectivity index (χ3v) is 4.97. The number of rotatable bonds is 5. The van der Waals surface area contributed by atoms with E-state index in [0.717, 1.165) is 55.6 Å². The molecule has 0 unspecified atom stereocenters. The molecule has 1 amide bonds. The molecule has 3 heterocycles.